The summed E-state index contributed by atoms with van der Waals surface area (Å²) >= 11 is 0. The Kier molecular flexibility index (Phi) is 3.14. The quantitative estimate of drug-likeness (QED) is 0.713. The molecule has 0 amide bonds. The molecule has 0 radical (unpaired) electrons. The van der Waals surface area contributed by atoms with Gasteiger partial charge in [0.25, 0.3) is 0 Å². The Hall–Kier alpha value is -1.78. The average Bonchev–Trinajstić information content (AvgIpc) is 2.20. The van der Waals surface area contributed by atoms with Crippen LogP contribution in [-0.2, 0) is 4.74 Å². The number of nitrogens with zero attached hydrogens (tertiary/aromatic N) is 1. The highest BCUT2D eigenvalue weighted by atomic mass is 16.5. The van der Waals surface area contributed by atoms with E-state index in [2.05, 4.69) is 9.72 Å². The highest BCUT2D eigenvalue weighted by Crippen LogP contribution is 2.23. The second kappa shape index (κ2) is 4.16. The van der Waals surface area contributed by atoms with Gasteiger partial charge in [0.05, 0.1) is 18.4 Å². The SMILES string of the molecule is COC(=O)c1cc(C(C)C)nc(N)c1N. The number of hydrogen-bond donors (Lipinski definition) is 2. The molecule has 5 nitrogen and oxygen atoms in total. The molecule has 1 aromatic heterocycles. The number of aromatic nitrogens is 1. The molecule has 0 saturated carbocycles. The molecule has 1 aromatic rings. The number of hydrogen-bond acceptors (Lipinski definition) is 5. The van der Waals surface area contributed by atoms with Crippen LogP contribution >= 0.6 is 0 Å². The lowest BCUT2D eigenvalue weighted by molar-refractivity contribution is 0.0601. The van der Waals surface area contributed by atoms with Gasteiger partial charge in [-0.05, 0) is 12.0 Å². The maximum Gasteiger partial charge on any atom is 0.340 e. The van der Waals surface area contributed by atoms with Crippen molar-refractivity contribution < 1.29 is 9.53 Å². The van der Waals surface area contributed by atoms with E-state index in [1.807, 2.05) is 13.8 Å². The fourth-order valence-electron chi connectivity index (χ4n) is 1.17. The molecule has 1 rings (SSSR count). The summed E-state index contributed by atoms with van der Waals surface area (Å²) in [4.78, 5) is 15.5. The Morgan fingerprint density at radius 1 is 1.47 bits per heavy atom. The largest absolute Gasteiger partial charge is 0.465 e. The Bertz CT molecular complexity index is 388. The van der Waals surface area contributed by atoms with E-state index in [1.165, 1.54) is 7.11 Å². The molecule has 4 N–H and O–H groups in total. The lowest BCUT2D eigenvalue weighted by atomic mass is 10.1. The van der Waals surface area contributed by atoms with Gasteiger partial charge in [-0.1, -0.05) is 13.8 Å². The third-order valence-corrected chi connectivity index (χ3v) is 2.10. The van der Waals surface area contributed by atoms with E-state index >= 15 is 0 Å². The van der Waals surface area contributed by atoms with Gasteiger partial charge in [0.15, 0.2) is 0 Å². The van der Waals surface area contributed by atoms with Gasteiger partial charge in [0.2, 0.25) is 0 Å². The molecular weight excluding hydrogens is 194 g/mol. The van der Waals surface area contributed by atoms with Gasteiger partial charge < -0.3 is 16.2 Å². The predicted molar refractivity (Wildman–Crippen MR) is 58.5 cm³/mol. The van der Waals surface area contributed by atoms with Crippen LogP contribution in [0.2, 0.25) is 0 Å². The molecule has 82 valence electrons. The van der Waals surface area contributed by atoms with Crippen LogP contribution in [0.4, 0.5) is 11.5 Å². The van der Waals surface area contributed by atoms with Crippen LogP contribution in [0.5, 0.6) is 0 Å². The third kappa shape index (κ3) is 2.18. The van der Waals surface area contributed by atoms with E-state index in [1.54, 1.807) is 6.07 Å². The van der Waals surface area contributed by atoms with Crippen molar-refractivity contribution in [2.24, 2.45) is 0 Å². The zero-order valence-corrected chi connectivity index (χ0v) is 9.07. The Labute approximate surface area is 88.4 Å². The summed E-state index contributed by atoms with van der Waals surface area (Å²) in [6.45, 7) is 3.91. The normalized spacial score (nSPS) is 10.4. The van der Waals surface area contributed by atoms with Crippen LogP contribution in [0.15, 0.2) is 6.07 Å². The predicted octanol–water partition coefficient (Wildman–Crippen LogP) is 1.16. The molecule has 5 heteroatoms. The number of anilines is 2. The summed E-state index contributed by atoms with van der Waals surface area (Å²) in [7, 11) is 1.30. The summed E-state index contributed by atoms with van der Waals surface area (Å²) in [5.41, 5.74) is 12.4. The fraction of sp³-hybridized carbons (Fsp3) is 0.400. The minimum absolute atomic E-state index is 0.168. The molecule has 0 fully saturated rings. The minimum atomic E-state index is -0.497. The maximum atomic E-state index is 11.4. The number of carbonyl (C=O) groups is 1. The molecule has 0 atom stereocenters. The lowest BCUT2D eigenvalue weighted by Crippen LogP contribution is -2.11. The Morgan fingerprint density at radius 3 is 2.53 bits per heavy atom. The molecular formula is C10H15N3O2. The topological polar surface area (TPSA) is 91.2 Å². The van der Waals surface area contributed by atoms with E-state index in [-0.39, 0.29) is 23.0 Å². The van der Waals surface area contributed by atoms with Gasteiger partial charge >= 0.3 is 5.97 Å². The summed E-state index contributed by atoms with van der Waals surface area (Å²) in [6, 6.07) is 1.61. The summed E-state index contributed by atoms with van der Waals surface area (Å²) in [5, 5.41) is 0. The molecule has 0 spiro atoms. The highest BCUT2D eigenvalue weighted by molar-refractivity contribution is 5.97. The van der Waals surface area contributed by atoms with Crippen LogP contribution in [0.25, 0.3) is 0 Å². The number of methoxy groups -OCH3 is 1. The van der Waals surface area contributed by atoms with Crippen molar-refractivity contribution in [2.75, 3.05) is 18.6 Å². The van der Waals surface area contributed by atoms with E-state index in [0.717, 1.165) is 5.69 Å². The smallest absolute Gasteiger partial charge is 0.340 e. The molecule has 0 aliphatic heterocycles. The molecule has 15 heavy (non-hydrogen) atoms. The van der Waals surface area contributed by atoms with Crippen LogP contribution in [-0.4, -0.2) is 18.1 Å². The molecule has 0 unspecified atom stereocenters. The molecule has 0 saturated heterocycles. The number of nitrogens with two attached hydrogens (primary N) is 2. The highest BCUT2D eigenvalue weighted by Gasteiger charge is 2.16. The molecule has 0 aromatic carbocycles. The van der Waals surface area contributed by atoms with Crippen molar-refractivity contribution in [3.05, 3.63) is 17.3 Å². The van der Waals surface area contributed by atoms with Gasteiger partial charge in [-0.25, -0.2) is 9.78 Å². The maximum absolute atomic E-state index is 11.4. The van der Waals surface area contributed by atoms with E-state index in [0.29, 0.717) is 0 Å². The Morgan fingerprint density at radius 2 is 2.07 bits per heavy atom. The van der Waals surface area contributed by atoms with Crippen LogP contribution < -0.4 is 11.5 Å². The first-order chi connectivity index (χ1) is 6.97. The summed E-state index contributed by atoms with van der Waals surface area (Å²) in [6.07, 6.45) is 0. The van der Waals surface area contributed by atoms with Crippen molar-refractivity contribution in [3.8, 4) is 0 Å². The average molecular weight is 209 g/mol. The van der Waals surface area contributed by atoms with E-state index < -0.39 is 5.97 Å². The molecule has 0 aliphatic rings. The summed E-state index contributed by atoms with van der Waals surface area (Å²) < 4.78 is 4.60. The van der Waals surface area contributed by atoms with Gasteiger partial charge in [0.1, 0.15) is 5.82 Å². The standard InChI is InChI=1S/C10H15N3O2/c1-5(2)7-4-6(10(14)15-3)8(11)9(12)13-7/h4-5H,11H2,1-3H3,(H2,12,13). The van der Waals surface area contributed by atoms with E-state index in [4.69, 9.17) is 11.5 Å². The van der Waals surface area contributed by atoms with Gasteiger partial charge in [-0.3, -0.25) is 0 Å². The van der Waals surface area contributed by atoms with Crippen LogP contribution in [0.3, 0.4) is 0 Å². The minimum Gasteiger partial charge on any atom is -0.465 e. The number of ether oxygens (including phenoxy) is 1. The van der Waals surface area contributed by atoms with Crippen molar-refractivity contribution >= 4 is 17.5 Å². The first kappa shape index (κ1) is 11.3. The number of esters is 1. The van der Waals surface area contributed by atoms with Gasteiger partial charge in [-0.15, -0.1) is 0 Å². The monoisotopic (exact) mass is 209 g/mol. The fourth-order valence-corrected chi connectivity index (χ4v) is 1.17. The zero-order valence-electron chi connectivity index (χ0n) is 9.07. The molecule has 0 aliphatic carbocycles. The van der Waals surface area contributed by atoms with Crippen molar-refractivity contribution in [1.82, 2.24) is 4.98 Å². The Balaban J connectivity index is 3.31. The first-order valence-electron chi connectivity index (χ1n) is 4.61. The number of rotatable bonds is 2. The first-order valence-corrected chi connectivity index (χ1v) is 4.61. The number of pyridine rings is 1. The van der Waals surface area contributed by atoms with Crippen molar-refractivity contribution in [3.63, 3.8) is 0 Å². The second-order valence-corrected chi connectivity index (χ2v) is 3.54. The van der Waals surface area contributed by atoms with E-state index in [9.17, 15) is 4.79 Å². The van der Waals surface area contributed by atoms with Crippen LogP contribution in [0, 0.1) is 0 Å². The van der Waals surface area contributed by atoms with Gasteiger partial charge in [-0.2, -0.15) is 0 Å². The summed E-state index contributed by atoms with van der Waals surface area (Å²) in [5.74, 6) is -0.151. The van der Waals surface area contributed by atoms with Crippen molar-refractivity contribution in [2.45, 2.75) is 19.8 Å². The lowest BCUT2D eigenvalue weighted by Gasteiger charge is -2.10. The number of carbonyl (C=O) groups excluding carboxylic acids is 1. The zero-order chi connectivity index (χ0) is 11.6. The van der Waals surface area contributed by atoms with Crippen LogP contribution in [0.1, 0.15) is 35.8 Å². The third-order valence-electron chi connectivity index (χ3n) is 2.10. The molecule has 0 bridgehead atoms. The second-order valence-electron chi connectivity index (χ2n) is 3.54. The van der Waals surface area contributed by atoms with Crippen molar-refractivity contribution in [1.29, 1.82) is 0 Å². The number of nitrogen functional groups attached to an aromatic ring is 2. The van der Waals surface area contributed by atoms with Gasteiger partial charge in [0, 0.05) is 5.69 Å². The molecule has 1 heterocycles.